The first-order chi connectivity index (χ1) is 9.11. The number of hydrogen-bond acceptors (Lipinski definition) is 6. The van der Waals surface area contributed by atoms with E-state index in [0.717, 1.165) is 21.3 Å². The zero-order chi connectivity index (χ0) is 13.8. The van der Waals surface area contributed by atoms with Gasteiger partial charge in [-0.1, -0.05) is 25.6 Å². The van der Waals surface area contributed by atoms with Crippen molar-refractivity contribution in [2.75, 3.05) is 5.43 Å². The molecule has 0 unspecified atom stereocenters. The highest BCUT2D eigenvalue weighted by Gasteiger charge is 2.13. The fourth-order valence-corrected chi connectivity index (χ4v) is 2.40. The van der Waals surface area contributed by atoms with Crippen molar-refractivity contribution in [3.8, 4) is 0 Å². The van der Waals surface area contributed by atoms with Crippen molar-refractivity contribution < 1.29 is 0 Å². The first kappa shape index (κ1) is 13.8. The van der Waals surface area contributed by atoms with Gasteiger partial charge in [0, 0.05) is 28.8 Å². The third-order valence-corrected chi connectivity index (χ3v) is 3.73. The third kappa shape index (κ3) is 3.21. The molecule has 5 nitrogen and oxygen atoms in total. The minimum Gasteiger partial charge on any atom is -0.308 e. The minimum absolute atomic E-state index is 0.254. The van der Waals surface area contributed by atoms with Gasteiger partial charge in [0.25, 0.3) is 0 Å². The van der Waals surface area contributed by atoms with E-state index in [1.807, 2.05) is 19.1 Å². The van der Waals surface area contributed by atoms with Crippen molar-refractivity contribution in [1.29, 1.82) is 0 Å². The highest BCUT2D eigenvalue weighted by atomic mass is 32.2. The summed E-state index contributed by atoms with van der Waals surface area (Å²) in [6.07, 6.45) is 3.54. The molecule has 0 bridgehead atoms. The second-order valence-corrected chi connectivity index (χ2v) is 5.51. The van der Waals surface area contributed by atoms with Gasteiger partial charge in [-0.3, -0.25) is 4.98 Å². The summed E-state index contributed by atoms with van der Waals surface area (Å²) in [4.78, 5) is 14.1. The quantitative estimate of drug-likeness (QED) is 0.507. The van der Waals surface area contributed by atoms with Crippen molar-refractivity contribution >= 4 is 17.6 Å². The molecule has 100 valence electrons. The highest BCUT2D eigenvalue weighted by molar-refractivity contribution is 7.99. The Bertz CT molecular complexity index is 556. The summed E-state index contributed by atoms with van der Waals surface area (Å²) in [5, 5.41) is 0.915. The van der Waals surface area contributed by atoms with Crippen molar-refractivity contribution in [2.45, 2.75) is 36.6 Å². The number of aromatic nitrogens is 3. The number of nitrogen functional groups attached to an aromatic ring is 1. The molecule has 0 atom stereocenters. The number of nitrogens with one attached hydrogen (secondary N) is 1. The molecular formula is C13H17N5S. The zero-order valence-corrected chi connectivity index (χ0v) is 12.0. The Hall–Kier alpha value is -1.66. The van der Waals surface area contributed by atoms with Crippen LogP contribution in [0.5, 0.6) is 0 Å². The van der Waals surface area contributed by atoms with E-state index in [1.165, 1.54) is 0 Å². The van der Waals surface area contributed by atoms with Crippen LogP contribution in [0.1, 0.15) is 31.2 Å². The lowest BCUT2D eigenvalue weighted by Gasteiger charge is -2.13. The zero-order valence-electron chi connectivity index (χ0n) is 11.2. The fraction of sp³-hybridized carbons (Fsp3) is 0.308. The molecule has 0 aromatic carbocycles. The Labute approximate surface area is 117 Å². The van der Waals surface area contributed by atoms with Crippen LogP contribution in [0.2, 0.25) is 0 Å². The Kier molecular flexibility index (Phi) is 4.34. The number of nitrogens with two attached hydrogens (primary N) is 1. The molecule has 0 saturated heterocycles. The first-order valence-electron chi connectivity index (χ1n) is 6.05. The van der Waals surface area contributed by atoms with Crippen LogP contribution in [0.25, 0.3) is 0 Å². The van der Waals surface area contributed by atoms with Gasteiger partial charge in [0.05, 0.1) is 0 Å². The molecule has 0 spiro atoms. The van der Waals surface area contributed by atoms with E-state index in [0.29, 0.717) is 5.82 Å². The summed E-state index contributed by atoms with van der Waals surface area (Å²) in [6.45, 7) is 6.08. The molecule has 2 aromatic heterocycles. The highest BCUT2D eigenvalue weighted by Crippen LogP contribution is 2.31. The van der Waals surface area contributed by atoms with Crippen molar-refractivity contribution in [3.05, 3.63) is 35.9 Å². The molecule has 3 N–H and O–H groups in total. The monoisotopic (exact) mass is 275 g/mol. The SMILES string of the molecule is Cc1c(NN)nc(C(C)C)nc1Sc1ccncc1. The Morgan fingerprint density at radius 3 is 2.47 bits per heavy atom. The van der Waals surface area contributed by atoms with Crippen LogP contribution in [0, 0.1) is 6.92 Å². The van der Waals surface area contributed by atoms with E-state index < -0.39 is 0 Å². The van der Waals surface area contributed by atoms with Gasteiger partial charge in [0.15, 0.2) is 0 Å². The summed E-state index contributed by atoms with van der Waals surface area (Å²) < 4.78 is 0. The normalized spacial score (nSPS) is 10.8. The number of rotatable bonds is 4. The van der Waals surface area contributed by atoms with E-state index in [4.69, 9.17) is 5.84 Å². The summed E-state index contributed by atoms with van der Waals surface area (Å²) >= 11 is 1.59. The Balaban J connectivity index is 2.41. The minimum atomic E-state index is 0.254. The molecule has 2 aromatic rings. The maximum Gasteiger partial charge on any atom is 0.147 e. The second kappa shape index (κ2) is 5.99. The van der Waals surface area contributed by atoms with Gasteiger partial charge in [-0.25, -0.2) is 15.8 Å². The van der Waals surface area contributed by atoms with Gasteiger partial charge < -0.3 is 5.43 Å². The van der Waals surface area contributed by atoms with E-state index in [-0.39, 0.29) is 5.92 Å². The van der Waals surface area contributed by atoms with Crippen molar-refractivity contribution in [2.24, 2.45) is 5.84 Å². The maximum atomic E-state index is 5.52. The van der Waals surface area contributed by atoms with Crippen LogP contribution in [0.4, 0.5) is 5.82 Å². The van der Waals surface area contributed by atoms with Gasteiger partial charge in [0.2, 0.25) is 0 Å². The summed E-state index contributed by atoms with van der Waals surface area (Å²) in [7, 11) is 0. The molecule has 0 saturated carbocycles. The summed E-state index contributed by atoms with van der Waals surface area (Å²) in [5.74, 6) is 7.24. The number of hydrogen-bond donors (Lipinski definition) is 2. The Morgan fingerprint density at radius 1 is 1.21 bits per heavy atom. The molecule has 0 radical (unpaired) electrons. The van der Waals surface area contributed by atoms with Crippen LogP contribution in [0.3, 0.4) is 0 Å². The lowest BCUT2D eigenvalue weighted by Crippen LogP contribution is -2.13. The average Bonchev–Trinajstić information content (AvgIpc) is 2.42. The summed E-state index contributed by atoms with van der Waals surface area (Å²) in [5.41, 5.74) is 3.59. The van der Waals surface area contributed by atoms with Crippen LogP contribution >= 0.6 is 11.8 Å². The third-order valence-electron chi connectivity index (χ3n) is 2.64. The molecule has 19 heavy (non-hydrogen) atoms. The predicted molar refractivity (Wildman–Crippen MR) is 77.0 cm³/mol. The van der Waals surface area contributed by atoms with Gasteiger partial charge in [-0.05, 0) is 19.1 Å². The molecule has 0 fully saturated rings. The maximum absolute atomic E-state index is 5.52. The molecule has 2 heterocycles. The number of hydrazine groups is 1. The number of nitrogens with zero attached hydrogens (tertiary/aromatic N) is 3. The topological polar surface area (TPSA) is 76.7 Å². The largest absolute Gasteiger partial charge is 0.308 e. The molecule has 2 rings (SSSR count). The van der Waals surface area contributed by atoms with Gasteiger partial charge in [0.1, 0.15) is 16.7 Å². The van der Waals surface area contributed by atoms with Crippen LogP contribution in [-0.4, -0.2) is 15.0 Å². The molecule has 0 aliphatic rings. The molecule has 0 aliphatic carbocycles. The average molecular weight is 275 g/mol. The lowest BCUT2D eigenvalue weighted by molar-refractivity contribution is 0.749. The smallest absolute Gasteiger partial charge is 0.147 e. The van der Waals surface area contributed by atoms with Gasteiger partial charge >= 0.3 is 0 Å². The standard InChI is InChI=1S/C13H17N5S/c1-8(2)11-16-12(18-14)9(3)13(17-11)19-10-4-6-15-7-5-10/h4-8H,14H2,1-3H3,(H,16,17,18). The van der Waals surface area contributed by atoms with E-state index in [9.17, 15) is 0 Å². The predicted octanol–water partition coefficient (Wildman–Crippen LogP) is 2.74. The number of anilines is 1. The Morgan fingerprint density at radius 2 is 1.89 bits per heavy atom. The number of pyridine rings is 1. The van der Waals surface area contributed by atoms with Crippen LogP contribution in [0.15, 0.2) is 34.4 Å². The molecule has 6 heteroatoms. The van der Waals surface area contributed by atoms with E-state index >= 15 is 0 Å². The second-order valence-electron chi connectivity index (χ2n) is 4.44. The van der Waals surface area contributed by atoms with E-state index in [1.54, 1.807) is 24.2 Å². The van der Waals surface area contributed by atoms with Crippen LogP contribution < -0.4 is 11.3 Å². The first-order valence-corrected chi connectivity index (χ1v) is 6.86. The van der Waals surface area contributed by atoms with Crippen molar-refractivity contribution in [1.82, 2.24) is 15.0 Å². The van der Waals surface area contributed by atoms with Crippen molar-refractivity contribution in [3.63, 3.8) is 0 Å². The van der Waals surface area contributed by atoms with E-state index in [2.05, 4.69) is 34.2 Å². The fourth-order valence-electron chi connectivity index (χ4n) is 1.53. The van der Waals surface area contributed by atoms with Gasteiger partial charge in [-0.2, -0.15) is 0 Å². The van der Waals surface area contributed by atoms with Gasteiger partial charge in [-0.15, -0.1) is 0 Å². The molecular weight excluding hydrogens is 258 g/mol. The summed E-state index contributed by atoms with van der Waals surface area (Å²) in [6, 6.07) is 3.91. The molecule has 0 aliphatic heterocycles. The molecule has 0 amide bonds. The lowest BCUT2D eigenvalue weighted by atomic mass is 10.2. The van der Waals surface area contributed by atoms with Crippen LogP contribution in [-0.2, 0) is 0 Å².